The highest BCUT2D eigenvalue weighted by molar-refractivity contribution is 14.0. The highest BCUT2D eigenvalue weighted by atomic mass is 127. The van der Waals surface area contributed by atoms with E-state index in [2.05, 4.69) is 61.8 Å². The number of likely N-dealkylation sites (tertiary alicyclic amines) is 1. The summed E-state index contributed by atoms with van der Waals surface area (Å²) >= 11 is 0. The van der Waals surface area contributed by atoms with Crippen molar-refractivity contribution in [1.82, 2.24) is 15.5 Å². The van der Waals surface area contributed by atoms with Crippen LogP contribution in [0.4, 0.5) is 5.69 Å². The molecule has 3 aliphatic rings. The number of guanidine groups is 1. The highest BCUT2D eigenvalue weighted by Crippen LogP contribution is 2.19. The van der Waals surface area contributed by atoms with Crippen LogP contribution in [0.15, 0.2) is 41.4 Å². The fourth-order valence-electron chi connectivity index (χ4n) is 4.44. The molecule has 7 heteroatoms. The Morgan fingerprint density at radius 1 is 1.10 bits per heavy atom. The average Bonchev–Trinajstić information content (AvgIpc) is 3.47. The molecule has 3 aliphatic heterocycles. The summed E-state index contributed by atoms with van der Waals surface area (Å²) in [5.74, 6) is 1.64. The van der Waals surface area contributed by atoms with Crippen molar-refractivity contribution in [3.05, 3.63) is 42.0 Å². The average molecular weight is 525 g/mol. The maximum absolute atomic E-state index is 5.51. The zero-order chi connectivity index (χ0) is 19.9. The van der Waals surface area contributed by atoms with Crippen molar-refractivity contribution >= 4 is 35.6 Å². The predicted octanol–water partition coefficient (Wildman–Crippen LogP) is 2.85. The Morgan fingerprint density at radius 3 is 2.47 bits per heavy atom. The monoisotopic (exact) mass is 525 g/mol. The first-order chi connectivity index (χ1) is 14.3. The van der Waals surface area contributed by atoms with Crippen LogP contribution in [0.25, 0.3) is 0 Å². The van der Waals surface area contributed by atoms with Gasteiger partial charge in [0.2, 0.25) is 0 Å². The fourth-order valence-corrected chi connectivity index (χ4v) is 4.44. The van der Waals surface area contributed by atoms with Gasteiger partial charge in [-0.25, -0.2) is 0 Å². The van der Waals surface area contributed by atoms with E-state index in [1.54, 1.807) is 0 Å². The maximum Gasteiger partial charge on any atom is 0.191 e. The van der Waals surface area contributed by atoms with E-state index in [0.29, 0.717) is 6.04 Å². The van der Waals surface area contributed by atoms with Crippen molar-refractivity contribution in [1.29, 1.82) is 0 Å². The van der Waals surface area contributed by atoms with Gasteiger partial charge in [0.15, 0.2) is 5.96 Å². The molecule has 2 saturated heterocycles. The summed E-state index contributed by atoms with van der Waals surface area (Å²) in [6.45, 7) is 8.24. The van der Waals surface area contributed by atoms with Gasteiger partial charge in [-0.3, -0.25) is 4.99 Å². The molecule has 0 aliphatic carbocycles. The van der Waals surface area contributed by atoms with Gasteiger partial charge in [0, 0.05) is 64.7 Å². The zero-order valence-corrected chi connectivity index (χ0v) is 20.4. The first-order valence-electron chi connectivity index (χ1n) is 11.1. The molecule has 0 aromatic heterocycles. The van der Waals surface area contributed by atoms with Crippen molar-refractivity contribution in [2.75, 3.05) is 57.9 Å². The first-order valence-corrected chi connectivity index (χ1v) is 11.1. The largest absolute Gasteiger partial charge is 0.381 e. The van der Waals surface area contributed by atoms with Crippen LogP contribution in [-0.2, 0) is 11.3 Å². The lowest BCUT2D eigenvalue weighted by atomic mass is 10.0. The van der Waals surface area contributed by atoms with Gasteiger partial charge in [-0.2, -0.15) is 0 Å². The van der Waals surface area contributed by atoms with Crippen molar-refractivity contribution < 1.29 is 4.74 Å². The number of benzene rings is 1. The lowest BCUT2D eigenvalue weighted by Crippen LogP contribution is -2.49. The second kappa shape index (κ2) is 11.9. The minimum Gasteiger partial charge on any atom is -0.381 e. The van der Waals surface area contributed by atoms with Crippen LogP contribution in [0.5, 0.6) is 0 Å². The minimum atomic E-state index is 0. The van der Waals surface area contributed by atoms with E-state index in [9.17, 15) is 0 Å². The summed E-state index contributed by atoms with van der Waals surface area (Å²) in [7, 11) is 1.86. The Kier molecular flexibility index (Phi) is 9.27. The van der Waals surface area contributed by atoms with Crippen LogP contribution in [0, 0.1) is 5.92 Å². The molecule has 2 N–H and O–H groups in total. The number of hydrogen-bond acceptors (Lipinski definition) is 4. The molecule has 3 heterocycles. The number of hydrogen-bond donors (Lipinski definition) is 2. The topological polar surface area (TPSA) is 52.1 Å². The lowest BCUT2D eigenvalue weighted by Gasteiger charge is -2.34. The third kappa shape index (κ3) is 6.59. The molecule has 0 bridgehead atoms. The summed E-state index contributed by atoms with van der Waals surface area (Å²) in [5, 5.41) is 7.09. The molecule has 166 valence electrons. The Bertz CT molecular complexity index is 686. The standard InChI is InChI=1S/C23H35N5O.HI/c1-24-23(25-16-19-4-6-22(7-5-19)28-11-2-3-12-28)26-21-8-13-27(14-9-21)17-20-10-15-29-18-20;/h2-7,20-21H,8-18H2,1H3,(H2,24,25,26);1H. The number of rotatable bonds is 6. The second-order valence-electron chi connectivity index (χ2n) is 8.42. The van der Waals surface area contributed by atoms with E-state index in [-0.39, 0.29) is 24.0 Å². The molecule has 6 nitrogen and oxygen atoms in total. The number of aliphatic imine (C=N–C) groups is 1. The summed E-state index contributed by atoms with van der Waals surface area (Å²) in [5.41, 5.74) is 2.56. The molecule has 0 saturated carbocycles. The maximum atomic E-state index is 5.51. The molecule has 1 atom stereocenters. The van der Waals surface area contributed by atoms with Crippen LogP contribution >= 0.6 is 24.0 Å². The molecular formula is C23H36IN5O. The quantitative estimate of drug-likeness (QED) is 0.259. The van der Waals surface area contributed by atoms with Gasteiger partial charge in [-0.1, -0.05) is 24.3 Å². The summed E-state index contributed by atoms with van der Waals surface area (Å²) in [6.07, 6.45) is 8.02. The third-order valence-corrected chi connectivity index (χ3v) is 6.27. The molecule has 0 radical (unpaired) electrons. The van der Waals surface area contributed by atoms with E-state index in [1.165, 1.54) is 37.1 Å². The van der Waals surface area contributed by atoms with Crippen molar-refractivity contribution in [3.8, 4) is 0 Å². The second-order valence-corrected chi connectivity index (χ2v) is 8.42. The summed E-state index contributed by atoms with van der Waals surface area (Å²) in [4.78, 5) is 9.40. The lowest BCUT2D eigenvalue weighted by molar-refractivity contribution is 0.150. The van der Waals surface area contributed by atoms with Crippen LogP contribution in [-0.4, -0.2) is 69.9 Å². The van der Waals surface area contributed by atoms with Crippen molar-refractivity contribution in [3.63, 3.8) is 0 Å². The number of nitrogens with one attached hydrogen (secondary N) is 2. The highest BCUT2D eigenvalue weighted by Gasteiger charge is 2.24. The Labute approximate surface area is 198 Å². The van der Waals surface area contributed by atoms with Gasteiger partial charge in [0.05, 0.1) is 6.61 Å². The van der Waals surface area contributed by atoms with Crippen molar-refractivity contribution in [2.45, 2.75) is 31.8 Å². The molecule has 0 amide bonds. The molecule has 4 rings (SSSR count). The molecular weight excluding hydrogens is 489 g/mol. The molecule has 1 unspecified atom stereocenters. The number of anilines is 1. The smallest absolute Gasteiger partial charge is 0.191 e. The minimum absolute atomic E-state index is 0. The SMILES string of the molecule is CN=C(NCc1ccc(N2CC=CC2)cc1)NC1CCN(CC2CCOC2)CC1.I. The number of halogens is 1. The summed E-state index contributed by atoms with van der Waals surface area (Å²) < 4.78 is 5.51. The molecule has 1 aromatic rings. The zero-order valence-electron chi connectivity index (χ0n) is 18.1. The molecule has 2 fully saturated rings. The van der Waals surface area contributed by atoms with Gasteiger partial charge >= 0.3 is 0 Å². The first kappa shape index (κ1) is 23.3. The van der Waals surface area contributed by atoms with Crippen LogP contribution in [0.2, 0.25) is 0 Å². The molecule has 0 spiro atoms. The third-order valence-electron chi connectivity index (χ3n) is 6.27. The number of ether oxygens (including phenoxy) is 1. The van der Waals surface area contributed by atoms with Gasteiger partial charge in [-0.05, 0) is 42.9 Å². The van der Waals surface area contributed by atoms with Gasteiger partial charge in [-0.15, -0.1) is 24.0 Å². The Balaban J connectivity index is 0.00000256. The molecule has 30 heavy (non-hydrogen) atoms. The fraction of sp³-hybridized carbons (Fsp3) is 0.609. The molecule has 1 aromatic carbocycles. The van der Waals surface area contributed by atoms with E-state index < -0.39 is 0 Å². The summed E-state index contributed by atoms with van der Waals surface area (Å²) in [6, 6.07) is 9.34. The van der Waals surface area contributed by atoms with E-state index in [4.69, 9.17) is 4.74 Å². The number of piperidine rings is 1. The predicted molar refractivity (Wildman–Crippen MR) is 135 cm³/mol. The van der Waals surface area contributed by atoms with Gasteiger partial charge in [0.1, 0.15) is 0 Å². The van der Waals surface area contributed by atoms with Gasteiger partial charge < -0.3 is 25.2 Å². The van der Waals surface area contributed by atoms with Crippen molar-refractivity contribution in [2.24, 2.45) is 10.9 Å². The van der Waals surface area contributed by atoms with E-state index in [1.807, 2.05) is 7.05 Å². The van der Waals surface area contributed by atoms with E-state index in [0.717, 1.165) is 57.8 Å². The van der Waals surface area contributed by atoms with Crippen LogP contribution < -0.4 is 15.5 Å². The van der Waals surface area contributed by atoms with Gasteiger partial charge in [0.25, 0.3) is 0 Å². The van der Waals surface area contributed by atoms with Crippen LogP contribution in [0.1, 0.15) is 24.8 Å². The Hall–Kier alpha value is -1.32. The Morgan fingerprint density at radius 2 is 1.83 bits per heavy atom. The number of nitrogens with zero attached hydrogens (tertiary/aromatic N) is 3. The van der Waals surface area contributed by atoms with E-state index >= 15 is 0 Å². The van der Waals surface area contributed by atoms with Crippen LogP contribution in [0.3, 0.4) is 0 Å². The normalized spacial score (nSPS) is 22.9.